The molecule has 0 amide bonds. The van der Waals surface area contributed by atoms with Gasteiger partial charge in [0.1, 0.15) is 24.1 Å². The summed E-state index contributed by atoms with van der Waals surface area (Å²) < 4.78 is 9.38. The lowest BCUT2D eigenvalue weighted by molar-refractivity contribution is 0.304. The Labute approximate surface area is 151 Å². The Balaban J connectivity index is 1.44. The molecule has 0 atom stereocenters. The molecule has 8 heteroatoms. The molecule has 1 fully saturated rings. The van der Waals surface area contributed by atoms with Crippen LogP contribution in [-0.2, 0) is 6.61 Å². The Bertz CT molecular complexity index is 887. The van der Waals surface area contributed by atoms with Gasteiger partial charge < -0.3 is 10.1 Å². The lowest BCUT2D eigenvalue weighted by Gasteiger charge is -2.23. The number of rotatable bonds is 5. The molecule has 3 heterocycles. The van der Waals surface area contributed by atoms with E-state index in [2.05, 4.69) is 26.8 Å². The van der Waals surface area contributed by atoms with Crippen molar-refractivity contribution in [3.63, 3.8) is 0 Å². The average Bonchev–Trinajstić information content (AvgIpc) is 3.37. The third-order valence-corrected chi connectivity index (χ3v) is 4.55. The van der Waals surface area contributed by atoms with Crippen LogP contribution in [0.25, 0.3) is 5.69 Å². The van der Waals surface area contributed by atoms with Gasteiger partial charge in [-0.15, -0.1) is 5.10 Å². The van der Waals surface area contributed by atoms with Crippen LogP contribution in [0.5, 0.6) is 5.75 Å². The first-order valence-electron chi connectivity index (χ1n) is 8.62. The van der Waals surface area contributed by atoms with Crippen molar-refractivity contribution in [3.8, 4) is 17.5 Å². The molecule has 2 aromatic heterocycles. The lowest BCUT2D eigenvalue weighted by Crippen LogP contribution is -2.30. The zero-order valence-electron chi connectivity index (χ0n) is 14.2. The van der Waals surface area contributed by atoms with Crippen LogP contribution in [-0.4, -0.2) is 37.9 Å². The maximum absolute atomic E-state index is 9.56. The first-order chi connectivity index (χ1) is 12.8. The number of benzene rings is 1. The van der Waals surface area contributed by atoms with Gasteiger partial charge in [0.2, 0.25) is 0 Å². The molecular weight excluding hydrogens is 330 g/mol. The molecule has 8 nitrogen and oxygen atoms in total. The van der Waals surface area contributed by atoms with E-state index in [0.29, 0.717) is 12.3 Å². The molecule has 26 heavy (non-hydrogen) atoms. The van der Waals surface area contributed by atoms with Crippen LogP contribution in [0, 0.1) is 11.3 Å². The lowest BCUT2D eigenvalue weighted by atomic mass is 10.1. The number of nitrogens with zero attached hydrogens (tertiary/aromatic N) is 6. The Hall–Kier alpha value is -3.18. The molecular formula is C18H19N7O. The van der Waals surface area contributed by atoms with E-state index in [1.807, 2.05) is 28.9 Å². The fourth-order valence-electron chi connectivity index (χ4n) is 3.16. The Morgan fingerprint density at radius 1 is 1.23 bits per heavy atom. The number of nitrogens with one attached hydrogen (secondary N) is 1. The predicted octanol–water partition coefficient (Wildman–Crippen LogP) is 1.84. The summed E-state index contributed by atoms with van der Waals surface area (Å²) in [7, 11) is 0. The number of piperidine rings is 1. The van der Waals surface area contributed by atoms with Crippen molar-refractivity contribution >= 4 is 0 Å². The zero-order chi connectivity index (χ0) is 17.8. The second kappa shape index (κ2) is 7.37. The quantitative estimate of drug-likeness (QED) is 0.755. The molecule has 0 bridgehead atoms. The van der Waals surface area contributed by atoms with Crippen LogP contribution in [0.3, 0.4) is 0 Å². The van der Waals surface area contributed by atoms with Crippen molar-refractivity contribution in [2.45, 2.75) is 25.5 Å². The highest BCUT2D eigenvalue weighted by Crippen LogP contribution is 2.23. The fraction of sp³-hybridized carbons (Fsp3) is 0.333. The van der Waals surface area contributed by atoms with Gasteiger partial charge in [-0.2, -0.15) is 10.4 Å². The molecule has 3 aromatic rings. The number of nitriles is 1. The van der Waals surface area contributed by atoms with E-state index < -0.39 is 0 Å². The van der Waals surface area contributed by atoms with E-state index in [1.165, 1.54) is 0 Å². The highest BCUT2D eigenvalue weighted by atomic mass is 16.5. The summed E-state index contributed by atoms with van der Waals surface area (Å²) in [6.07, 6.45) is 7.13. The highest BCUT2D eigenvalue weighted by Gasteiger charge is 2.21. The van der Waals surface area contributed by atoms with Crippen LogP contribution in [0.1, 0.15) is 30.1 Å². The average molecular weight is 349 g/mol. The summed E-state index contributed by atoms with van der Waals surface area (Å²) in [5.74, 6) is 0.729. The van der Waals surface area contributed by atoms with Gasteiger partial charge in [0.25, 0.3) is 0 Å². The molecule has 4 rings (SSSR count). The van der Waals surface area contributed by atoms with Gasteiger partial charge in [-0.1, -0.05) is 5.21 Å². The van der Waals surface area contributed by atoms with Crippen molar-refractivity contribution in [2.75, 3.05) is 13.1 Å². The van der Waals surface area contributed by atoms with Crippen molar-refractivity contribution in [2.24, 2.45) is 0 Å². The van der Waals surface area contributed by atoms with E-state index in [-0.39, 0.29) is 6.04 Å². The Morgan fingerprint density at radius 3 is 2.73 bits per heavy atom. The number of ether oxygens (including phenoxy) is 1. The van der Waals surface area contributed by atoms with E-state index >= 15 is 0 Å². The monoisotopic (exact) mass is 349 g/mol. The minimum Gasteiger partial charge on any atom is -0.489 e. The largest absolute Gasteiger partial charge is 0.489 e. The molecule has 0 spiro atoms. The van der Waals surface area contributed by atoms with E-state index in [4.69, 9.17) is 4.74 Å². The normalized spacial score (nSPS) is 14.9. The van der Waals surface area contributed by atoms with Gasteiger partial charge in [0.05, 0.1) is 30.3 Å². The van der Waals surface area contributed by atoms with Crippen LogP contribution >= 0.6 is 0 Å². The minimum absolute atomic E-state index is 0.279. The van der Waals surface area contributed by atoms with Crippen molar-refractivity contribution in [3.05, 3.63) is 54.1 Å². The predicted molar refractivity (Wildman–Crippen MR) is 93.8 cm³/mol. The topological polar surface area (TPSA) is 93.6 Å². The fourth-order valence-corrected chi connectivity index (χ4v) is 3.16. The van der Waals surface area contributed by atoms with Crippen molar-refractivity contribution in [1.29, 1.82) is 5.26 Å². The molecule has 0 unspecified atom stereocenters. The second-order valence-electron chi connectivity index (χ2n) is 6.19. The van der Waals surface area contributed by atoms with Crippen LogP contribution in [0.2, 0.25) is 0 Å². The molecule has 1 aliphatic rings. The summed E-state index contributed by atoms with van der Waals surface area (Å²) in [5, 5.41) is 25.1. The van der Waals surface area contributed by atoms with Gasteiger partial charge in [0, 0.05) is 5.56 Å². The highest BCUT2D eigenvalue weighted by molar-refractivity contribution is 5.37. The zero-order valence-corrected chi connectivity index (χ0v) is 14.2. The SMILES string of the molecule is N#Cc1c(COc2ccc(-n3ccnn3)cc2)cnn1C1CCNCC1. The number of hydrogen-bond donors (Lipinski definition) is 1. The van der Waals surface area contributed by atoms with E-state index in [0.717, 1.165) is 42.9 Å². The molecule has 0 saturated carbocycles. The Kier molecular flexibility index (Phi) is 4.62. The summed E-state index contributed by atoms with van der Waals surface area (Å²) in [5.41, 5.74) is 2.31. The first kappa shape index (κ1) is 16.3. The molecule has 132 valence electrons. The second-order valence-corrected chi connectivity index (χ2v) is 6.19. The minimum atomic E-state index is 0.279. The smallest absolute Gasteiger partial charge is 0.145 e. The third-order valence-electron chi connectivity index (χ3n) is 4.55. The van der Waals surface area contributed by atoms with Gasteiger partial charge in [0.15, 0.2) is 0 Å². The molecule has 0 radical (unpaired) electrons. The first-order valence-corrected chi connectivity index (χ1v) is 8.62. The molecule has 1 aromatic carbocycles. The summed E-state index contributed by atoms with van der Waals surface area (Å²) in [6.45, 7) is 2.23. The maximum atomic E-state index is 9.56. The summed E-state index contributed by atoms with van der Waals surface area (Å²) in [6, 6.07) is 10.1. The van der Waals surface area contributed by atoms with Crippen LogP contribution < -0.4 is 10.1 Å². The molecule has 1 N–H and O–H groups in total. The summed E-state index contributed by atoms with van der Waals surface area (Å²) >= 11 is 0. The van der Waals surface area contributed by atoms with Crippen LogP contribution in [0.4, 0.5) is 0 Å². The molecule has 1 saturated heterocycles. The van der Waals surface area contributed by atoms with Gasteiger partial charge in [-0.05, 0) is 50.2 Å². The third kappa shape index (κ3) is 3.30. The Morgan fingerprint density at radius 2 is 2.04 bits per heavy atom. The van der Waals surface area contributed by atoms with E-state index in [1.54, 1.807) is 23.3 Å². The van der Waals surface area contributed by atoms with Gasteiger partial charge in [-0.3, -0.25) is 4.68 Å². The maximum Gasteiger partial charge on any atom is 0.145 e. The van der Waals surface area contributed by atoms with Crippen molar-refractivity contribution < 1.29 is 4.74 Å². The van der Waals surface area contributed by atoms with Crippen LogP contribution in [0.15, 0.2) is 42.9 Å². The number of aromatic nitrogens is 5. The molecule has 0 aliphatic carbocycles. The standard InChI is InChI=1S/C18H19N7O/c19-11-18-14(12-22-25(18)16-5-7-20-8-6-16)13-26-17-3-1-15(2-4-17)24-10-9-21-23-24/h1-4,9-10,12,16,20H,5-8,13H2. The van der Waals surface area contributed by atoms with Gasteiger partial charge in [-0.25, -0.2) is 4.68 Å². The van der Waals surface area contributed by atoms with Gasteiger partial charge >= 0.3 is 0 Å². The van der Waals surface area contributed by atoms with E-state index in [9.17, 15) is 5.26 Å². The van der Waals surface area contributed by atoms with Crippen molar-refractivity contribution in [1.82, 2.24) is 30.1 Å². The molecule has 1 aliphatic heterocycles. The summed E-state index contributed by atoms with van der Waals surface area (Å²) in [4.78, 5) is 0. The number of hydrogen-bond acceptors (Lipinski definition) is 6.